The summed E-state index contributed by atoms with van der Waals surface area (Å²) in [5.74, 6) is -0.216. The molecule has 1 aromatic carbocycles. The molecule has 3 atom stereocenters. The largest absolute Gasteiger partial charge is 0.311 e. The van der Waals surface area contributed by atoms with Crippen molar-refractivity contribution < 1.29 is 13.6 Å². The SMILES string of the molecule is C[C@@H]1CN(CC(=O)N2CC(C)(C)c3c2cc(Cc2ccc(F)cc2)c2ncnn32)[C@@H](CN2CC[C@@H](F)C2)CN1. The molecule has 0 unspecified atom stereocenters. The molecule has 208 valence electrons. The number of amides is 1. The molecule has 6 rings (SSSR count). The van der Waals surface area contributed by atoms with Crippen molar-refractivity contribution in [3.05, 3.63) is 59.3 Å². The van der Waals surface area contributed by atoms with Crippen LogP contribution in [0.25, 0.3) is 5.65 Å². The Kier molecular flexibility index (Phi) is 6.89. The number of aromatic nitrogens is 3. The zero-order valence-corrected chi connectivity index (χ0v) is 22.9. The summed E-state index contributed by atoms with van der Waals surface area (Å²) >= 11 is 0. The van der Waals surface area contributed by atoms with E-state index in [1.54, 1.807) is 18.5 Å². The molecule has 39 heavy (non-hydrogen) atoms. The number of carbonyl (C=O) groups is 1. The number of fused-ring (bicyclic) bond motifs is 3. The van der Waals surface area contributed by atoms with Crippen LogP contribution >= 0.6 is 0 Å². The Labute approximate surface area is 228 Å². The third kappa shape index (κ3) is 5.17. The van der Waals surface area contributed by atoms with E-state index in [0.717, 1.165) is 54.3 Å². The maximum Gasteiger partial charge on any atom is 0.241 e. The predicted molar refractivity (Wildman–Crippen MR) is 146 cm³/mol. The highest BCUT2D eigenvalue weighted by Crippen LogP contribution is 2.42. The highest BCUT2D eigenvalue weighted by atomic mass is 19.1. The summed E-state index contributed by atoms with van der Waals surface area (Å²) in [5.41, 5.74) is 4.19. The van der Waals surface area contributed by atoms with E-state index in [9.17, 15) is 13.6 Å². The summed E-state index contributed by atoms with van der Waals surface area (Å²) in [4.78, 5) is 24.9. The van der Waals surface area contributed by atoms with Crippen molar-refractivity contribution in [2.45, 2.75) is 57.3 Å². The highest BCUT2D eigenvalue weighted by molar-refractivity contribution is 5.97. The Hall–Kier alpha value is -2.95. The molecule has 3 aliphatic rings. The van der Waals surface area contributed by atoms with Crippen LogP contribution in [0.2, 0.25) is 0 Å². The van der Waals surface area contributed by atoms with Crippen molar-refractivity contribution in [2.24, 2.45) is 0 Å². The molecular formula is C29H37F2N7O. The number of nitrogens with zero attached hydrogens (tertiary/aromatic N) is 6. The molecule has 5 heterocycles. The second kappa shape index (κ2) is 10.2. The van der Waals surface area contributed by atoms with Gasteiger partial charge in [0, 0.05) is 68.8 Å². The van der Waals surface area contributed by atoms with Gasteiger partial charge in [0.15, 0.2) is 5.65 Å². The normalized spacial score (nSPS) is 25.5. The quantitative estimate of drug-likeness (QED) is 0.522. The maximum atomic E-state index is 14.0. The summed E-state index contributed by atoms with van der Waals surface area (Å²) in [7, 11) is 0. The molecule has 10 heteroatoms. The van der Waals surface area contributed by atoms with Crippen LogP contribution in [0.3, 0.4) is 0 Å². The van der Waals surface area contributed by atoms with Crippen LogP contribution in [0.15, 0.2) is 36.7 Å². The Balaban J connectivity index is 1.28. The Morgan fingerprint density at radius 3 is 2.74 bits per heavy atom. The van der Waals surface area contributed by atoms with E-state index in [-0.39, 0.29) is 29.2 Å². The second-order valence-electron chi connectivity index (χ2n) is 12.1. The van der Waals surface area contributed by atoms with Crippen LogP contribution in [0, 0.1) is 5.82 Å². The van der Waals surface area contributed by atoms with Crippen LogP contribution < -0.4 is 10.2 Å². The van der Waals surface area contributed by atoms with Gasteiger partial charge in [0.25, 0.3) is 0 Å². The lowest BCUT2D eigenvalue weighted by Crippen LogP contribution is -2.60. The fourth-order valence-corrected chi connectivity index (χ4v) is 6.51. The van der Waals surface area contributed by atoms with Crippen LogP contribution in [-0.4, -0.2) is 94.4 Å². The number of likely N-dealkylation sites (tertiary alicyclic amines) is 1. The van der Waals surface area contributed by atoms with Crippen molar-refractivity contribution in [3.8, 4) is 0 Å². The number of pyridine rings is 1. The summed E-state index contributed by atoms with van der Waals surface area (Å²) < 4.78 is 29.2. The summed E-state index contributed by atoms with van der Waals surface area (Å²) in [6, 6.07) is 8.98. The van der Waals surface area contributed by atoms with Crippen molar-refractivity contribution in [3.63, 3.8) is 0 Å². The van der Waals surface area contributed by atoms with Crippen LogP contribution in [0.1, 0.15) is 44.0 Å². The minimum atomic E-state index is -0.753. The fourth-order valence-electron chi connectivity index (χ4n) is 6.51. The van der Waals surface area contributed by atoms with Gasteiger partial charge in [-0.05, 0) is 37.1 Å². The van der Waals surface area contributed by atoms with Gasteiger partial charge in [-0.3, -0.25) is 14.6 Å². The smallest absolute Gasteiger partial charge is 0.241 e. The minimum Gasteiger partial charge on any atom is -0.311 e. The zero-order chi connectivity index (χ0) is 27.3. The topological polar surface area (TPSA) is 69.0 Å². The lowest BCUT2D eigenvalue weighted by atomic mass is 9.90. The molecule has 3 aliphatic heterocycles. The van der Waals surface area contributed by atoms with E-state index in [1.165, 1.54) is 12.1 Å². The molecule has 2 saturated heterocycles. The van der Waals surface area contributed by atoms with Gasteiger partial charge in [-0.2, -0.15) is 5.10 Å². The molecule has 0 bridgehead atoms. The van der Waals surface area contributed by atoms with Gasteiger partial charge in [0.1, 0.15) is 18.3 Å². The zero-order valence-electron chi connectivity index (χ0n) is 22.9. The average Bonchev–Trinajstić information content (AvgIpc) is 3.60. The maximum absolute atomic E-state index is 14.0. The molecular weight excluding hydrogens is 500 g/mol. The molecule has 3 aromatic rings. The fraction of sp³-hybridized carbons (Fsp3) is 0.552. The first-order valence-electron chi connectivity index (χ1n) is 13.9. The van der Waals surface area contributed by atoms with Crippen molar-refractivity contribution in [2.75, 3.05) is 50.7 Å². The lowest BCUT2D eigenvalue weighted by molar-refractivity contribution is -0.120. The minimum absolute atomic E-state index is 0.0536. The second-order valence-corrected chi connectivity index (χ2v) is 12.1. The summed E-state index contributed by atoms with van der Waals surface area (Å²) in [5, 5.41) is 8.09. The number of benzene rings is 1. The molecule has 2 aromatic heterocycles. The van der Waals surface area contributed by atoms with Crippen molar-refractivity contribution in [1.29, 1.82) is 0 Å². The average molecular weight is 538 g/mol. The first-order valence-corrected chi connectivity index (χ1v) is 13.9. The van der Waals surface area contributed by atoms with Crippen molar-refractivity contribution in [1.82, 2.24) is 29.7 Å². The van der Waals surface area contributed by atoms with Crippen LogP contribution in [0.4, 0.5) is 14.5 Å². The number of rotatable bonds is 6. The number of hydrogen-bond acceptors (Lipinski definition) is 6. The van der Waals surface area contributed by atoms with Gasteiger partial charge in [-0.1, -0.05) is 26.0 Å². The van der Waals surface area contributed by atoms with E-state index in [4.69, 9.17) is 0 Å². The lowest BCUT2D eigenvalue weighted by Gasteiger charge is -2.41. The Morgan fingerprint density at radius 1 is 1.21 bits per heavy atom. The third-order valence-corrected chi connectivity index (χ3v) is 8.44. The van der Waals surface area contributed by atoms with Crippen molar-refractivity contribution >= 4 is 17.2 Å². The number of hydrogen-bond donors (Lipinski definition) is 1. The van der Waals surface area contributed by atoms with Crippen LogP contribution in [0.5, 0.6) is 0 Å². The van der Waals surface area contributed by atoms with E-state index in [2.05, 4.69) is 52.0 Å². The van der Waals surface area contributed by atoms with E-state index >= 15 is 0 Å². The summed E-state index contributed by atoms with van der Waals surface area (Å²) in [6.07, 6.45) is 1.95. The van der Waals surface area contributed by atoms with Gasteiger partial charge in [-0.15, -0.1) is 0 Å². The Bertz CT molecular complexity index is 1360. The molecule has 1 amide bonds. The monoisotopic (exact) mass is 537 g/mol. The molecule has 8 nitrogen and oxygen atoms in total. The molecule has 0 radical (unpaired) electrons. The number of carbonyl (C=O) groups excluding carboxylic acids is 1. The van der Waals surface area contributed by atoms with E-state index in [0.29, 0.717) is 32.5 Å². The summed E-state index contributed by atoms with van der Waals surface area (Å²) in [6.45, 7) is 10.8. The first-order chi connectivity index (χ1) is 18.7. The molecule has 0 aliphatic carbocycles. The highest BCUT2D eigenvalue weighted by Gasteiger charge is 2.42. The number of piperazine rings is 1. The molecule has 0 spiro atoms. The van der Waals surface area contributed by atoms with Gasteiger partial charge in [0.05, 0.1) is 17.9 Å². The van der Waals surface area contributed by atoms with E-state index < -0.39 is 6.17 Å². The van der Waals surface area contributed by atoms with E-state index in [1.807, 2.05) is 9.42 Å². The number of halogens is 2. The molecule has 0 saturated carbocycles. The first kappa shape index (κ1) is 26.3. The van der Waals surface area contributed by atoms with Crippen LogP contribution in [-0.2, 0) is 16.6 Å². The number of anilines is 1. The van der Waals surface area contributed by atoms with Gasteiger partial charge in [-0.25, -0.2) is 18.3 Å². The number of alkyl halides is 1. The van der Waals surface area contributed by atoms with Gasteiger partial charge >= 0.3 is 0 Å². The van der Waals surface area contributed by atoms with Gasteiger partial charge < -0.3 is 10.2 Å². The standard InChI is InChI=1S/C29H37F2N7O/c1-19-13-36(24(12-32-19)15-35-9-8-23(31)14-35)16-26(39)37-17-29(2,3)27-25(37)11-21(28-33-18-34-38(27)28)10-20-4-6-22(30)7-5-20/h4-7,11,18-19,23-24,32H,8-10,12-17H2,1-3H3/t19-,23-,24-/m1/s1. The van der Waals surface area contributed by atoms with Gasteiger partial charge in [0.2, 0.25) is 5.91 Å². The molecule has 1 N–H and O–H groups in total. The third-order valence-electron chi connectivity index (χ3n) is 8.44. The Morgan fingerprint density at radius 2 is 2.00 bits per heavy atom. The predicted octanol–water partition coefficient (Wildman–Crippen LogP) is 2.79. The number of nitrogens with one attached hydrogen (secondary N) is 1. The molecule has 2 fully saturated rings.